The molecule has 1 fully saturated rings. The number of allylic oxidation sites excluding steroid dienone is 1. The van der Waals surface area contributed by atoms with Crippen LogP contribution in [0.25, 0.3) is 0 Å². The zero-order valence-electron chi connectivity index (χ0n) is 5.54. The second kappa shape index (κ2) is 2.54. The quantitative estimate of drug-likeness (QED) is 0.497. The Balaban J connectivity index is 2.42. The first-order valence-electron chi connectivity index (χ1n) is 3.27. The fourth-order valence-electron chi connectivity index (χ4n) is 1.04. The van der Waals surface area contributed by atoms with Crippen LogP contribution in [-0.2, 0) is 0 Å². The minimum atomic E-state index is -1.25. The summed E-state index contributed by atoms with van der Waals surface area (Å²) in [5, 5.41) is 17.0. The van der Waals surface area contributed by atoms with E-state index in [1.165, 1.54) is 18.0 Å². The van der Waals surface area contributed by atoms with Crippen LogP contribution in [0.5, 0.6) is 0 Å². The Labute approximate surface area is 55.3 Å². The second-order valence-corrected chi connectivity index (χ2v) is 2.59. The highest BCUT2D eigenvalue weighted by molar-refractivity contribution is 6.47. The van der Waals surface area contributed by atoms with Gasteiger partial charge in [-0.1, -0.05) is 18.5 Å². The first kappa shape index (κ1) is 6.84. The second-order valence-electron chi connectivity index (χ2n) is 2.59. The first-order chi connectivity index (χ1) is 4.20. The first-order valence-corrected chi connectivity index (χ1v) is 3.27. The van der Waals surface area contributed by atoms with Crippen LogP contribution in [0.1, 0.15) is 19.8 Å². The van der Waals surface area contributed by atoms with E-state index < -0.39 is 7.12 Å². The molecule has 9 heavy (non-hydrogen) atoms. The standard InChI is InChI=1S/C6H11BO2/c1-5-2-3-6(5)4-7(8)9/h4-5,8-9H,2-3H2,1H3/b6-4+. The van der Waals surface area contributed by atoms with Crippen molar-refractivity contribution in [2.45, 2.75) is 19.8 Å². The lowest BCUT2D eigenvalue weighted by molar-refractivity contribution is 0.417. The molecule has 1 rings (SSSR count). The van der Waals surface area contributed by atoms with Gasteiger partial charge in [0.25, 0.3) is 0 Å². The van der Waals surface area contributed by atoms with E-state index in [2.05, 4.69) is 6.92 Å². The van der Waals surface area contributed by atoms with E-state index in [0.29, 0.717) is 5.92 Å². The molecule has 0 aromatic carbocycles. The van der Waals surface area contributed by atoms with Crippen molar-refractivity contribution >= 4 is 7.12 Å². The van der Waals surface area contributed by atoms with Crippen molar-refractivity contribution in [3.63, 3.8) is 0 Å². The third kappa shape index (κ3) is 1.56. The van der Waals surface area contributed by atoms with Crippen LogP contribution >= 0.6 is 0 Å². The average Bonchev–Trinajstić information content (AvgIpc) is 1.79. The summed E-state index contributed by atoms with van der Waals surface area (Å²) in [6, 6.07) is 0. The summed E-state index contributed by atoms with van der Waals surface area (Å²) in [6.45, 7) is 2.09. The van der Waals surface area contributed by atoms with E-state index in [-0.39, 0.29) is 0 Å². The molecule has 1 saturated carbocycles. The molecule has 1 atom stereocenters. The van der Waals surface area contributed by atoms with Gasteiger partial charge in [0, 0.05) is 0 Å². The smallest absolute Gasteiger partial charge is 0.424 e. The predicted molar refractivity (Wildman–Crippen MR) is 36.7 cm³/mol. The largest absolute Gasteiger partial charge is 0.480 e. The zero-order chi connectivity index (χ0) is 6.85. The van der Waals surface area contributed by atoms with E-state index in [1.807, 2.05) is 0 Å². The van der Waals surface area contributed by atoms with Gasteiger partial charge in [-0.25, -0.2) is 0 Å². The van der Waals surface area contributed by atoms with Crippen LogP contribution in [0.3, 0.4) is 0 Å². The van der Waals surface area contributed by atoms with Crippen LogP contribution in [0, 0.1) is 5.92 Å². The van der Waals surface area contributed by atoms with Crippen LogP contribution in [0.15, 0.2) is 11.5 Å². The molecular weight excluding hydrogens is 115 g/mol. The zero-order valence-corrected chi connectivity index (χ0v) is 5.54. The summed E-state index contributed by atoms with van der Waals surface area (Å²) in [6.07, 6.45) is 2.23. The van der Waals surface area contributed by atoms with Crippen LogP contribution in [0.2, 0.25) is 0 Å². The molecule has 0 aromatic rings. The van der Waals surface area contributed by atoms with Gasteiger partial charge in [-0.05, 0) is 18.8 Å². The van der Waals surface area contributed by atoms with Crippen molar-refractivity contribution in [2.24, 2.45) is 5.92 Å². The van der Waals surface area contributed by atoms with Gasteiger partial charge in [0.2, 0.25) is 0 Å². The molecule has 0 aliphatic heterocycles. The summed E-state index contributed by atoms with van der Waals surface area (Å²) < 4.78 is 0. The molecule has 0 spiro atoms. The van der Waals surface area contributed by atoms with Gasteiger partial charge < -0.3 is 10.0 Å². The maximum atomic E-state index is 8.48. The number of hydrogen-bond acceptors (Lipinski definition) is 2. The Bertz CT molecular complexity index is 131. The summed E-state index contributed by atoms with van der Waals surface area (Å²) in [7, 11) is -1.25. The predicted octanol–water partition coefficient (Wildman–Crippen LogP) is 0.355. The van der Waals surface area contributed by atoms with Gasteiger partial charge in [-0.2, -0.15) is 0 Å². The van der Waals surface area contributed by atoms with E-state index >= 15 is 0 Å². The summed E-state index contributed by atoms with van der Waals surface area (Å²) in [5.74, 6) is 2.10. The van der Waals surface area contributed by atoms with Crippen molar-refractivity contribution in [3.05, 3.63) is 11.5 Å². The van der Waals surface area contributed by atoms with E-state index in [4.69, 9.17) is 10.0 Å². The van der Waals surface area contributed by atoms with Crippen LogP contribution in [-0.4, -0.2) is 17.2 Å². The molecule has 1 aliphatic carbocycles. The highest BCUT2D eigenvalue weighted by Crippen LogP contribution is 2.32. The monoisotopic (exact) mass is 126 g/mol. The third-order valence-electron chi connectivity index (χ3n) is 1.86. The Morgan fingerprint density at radius 3 is 2.44 bits per heavy atom. The van der Waals surface area contributed by atoms with Crippen molar-refractivity contribution in [1.82, 2.24) is 0 Å². The fraction of sp³-hybridized carbons (Fsp3) is 0.667. The molecule has 1 aliphatic rings. The molecule has 0 amide bonds. The van der Waals surface area contributed by atoms with E-state index in [9.17, 15) is 0 Å². The average molecular weight is 126 g/mol. The lowest BCUT2D eigenvalue weighted by atomic mass is 9.74. The third-order valence-corrected chi connectivity index (χ3v) is 1.86. The SMILES string of the molecule is CC1CC/C1=C\B(O)O. The van der Waals surface area contributed by atoms with Crippen molar-refractivity contribution in [3.8, 4) is 0 Å². The van der Waals surface area contributed by atoms with Gasteiger partial charge in [-0.3, -0.25) is 0 Å². The molecule has 50 valence electrons. The topological polar surface area (TPSA) is 40.5 Å². The maximum absolute atomic E-state index is 8.48. The lowest BCUT2D eigenvalue weighted by Crippen LogP contribution is -2.17. The minimum Gasteiger partial charge on any atom is -0.424 e. The van der Waals surface area contributed by atoms with Gasteiger partial charge in [0.05, 0.1) is 0 Å². The molecule has 0 heterocycles. The van der Waals surface area contributed by atoms with Crippen LogP contribution < -0.4 is 0 Å². The van der Waals surface area contributed by atoms with Gasteiger partial charge >= 0.3 is 7.12 Å². The highest BCUT2D eigenvalue weighted by Gasteiger charge is 2.20. The van der Waals surface area contributed by atoms with Gasteiger partial charge in [0.1, 0.15) is 0 Å². The summed E-state index contributed by atoms with van der Waals surface area (Å²) >= 11 is 0. The maximum Gasteiger partial charge on any atom is 0.480 e. The molecular formula is C6H11BO2. The van der Waals surface area contributed by atoms with Gasteiger partial charge in [0.15, 0.2) is 0 Å². The highest BCUT2D eigenvalue weighted by atomic mass is 16.4. The molecule has 2 N–H and O–H groups in total. The lowest BCUT2D eigenvalue weighted by Gasteiger charge is -2.25. The number of hydrogen-bond donors (Lipinski definition) is 2. The van der Waals surface area contributed by atoms with E-state index in [1.54, 1.807) is 0 Å². The molecule has 1 unspecified atom stereocenters. The molecule has 0 radical (unpaired) electrons. The molecule has 0 aromatic heterocycles. The Morgan fingerprint density at radius 1 is 1.67 bits per heavy atom. The van der Waals surface area contributed by atoms with Crippen LogP contribution in [0.4, 0.5) is 0 Å². The van der Waals surface area contributed by atoms with Crippen molar-refractivity contribution < 1.29 is 10.0 Å². The number of rotatable bonds is 1. The Morgan fingerprint density at radius 2 is 2.33 bits per heavy atom. The Hall–Kier alpha value is -0.275. The fourth-order valence-corrected chi connectivity index (χ4v) is 1.04. The normalized spacial score (nSPS) is 30.1. The summed E-state index contributed by atoms with van der Waals surface area (Å²) in [5.41, 5.74) is 1.19. The Kier molecular flexibility index (Phi) is 1.93. The summed E-state index contributed by atoms with van der Waals surface area (Å²) in [4.78, 5) is 0. The van der Waals surface area contributed by atoms with Crippen molar-refractivity contribution in [2.75, 3.05) is 0 Å². The molecule has 3 heteroatoms. The molecule has 0 bridgehead atoms. The van der Waals surface area contributed by atoms with E-state index in [0.717, 1.165) is 6.42 Å². The van der Waals surface area contributed by atoms with Crippen molar-refractivity contribution in [1.29, 1.82) is 0 Å². The molecule has 0 saturated heterocycles. The molecule has 2 nitrogen and oxygen atoms in total. The van der Waals surface area contributed by atoms with Gasteiger partial charge in [-0.15, -0.1) is 0 Å². The minimum absolute atomic E-state index is 0.576.